The SMILES string of the molecule is CCN(CC(C)C#N)c1nc(C(N)C(=O)O)cs1. The van der Waals surface area contributed by atoms with Crippen molar-refractivity contribution in [3.05, 3.63) is 11.1 Å². The van der Waals surface area contributed by atoms with Gasteiger partial charge in [0.05, 0.1) is 17.7 Å². The molecule has 0 aliphatic carbocycles. The first-order chi connectivity index (χ1) is 8.49. The Hall–Kier alpha value is -1.65. The van der Waals surface area contributed by atoms with Crippen molar-refractivity contribution in [1.29, 1.82) is 5.26 Å². The quantitative estimate of drug-likeness (QED) is 0.803. The highest BCUT2D eigenvalue weighted by Gasteiger charge is 2.20. The van der Waals surface area contributed by atoms with Gasteiger partial charge in [0.15, 0.2) is 5.13 Å². The number of carboxylic acid groups (broad SMARTS) is 1. The Bertz CT molecular complexity index is 454. The number of aliphatic carboxylic acids is 1. The smallest absolute Gasteiger partial charge is 0.326 e. The molecule has 0 spiro atoms. The molecule has 18 heavy (non-hydrogen) atoms. The number of nitrogens with zero attached hydrogens (tertiary/aromatic N) is 3. The van der Waals surface area contributed by atoms with Crippen LogP contribution < -0.4 is 10.6 Å². The lowest BCUT2D eigenvalue weighted by molar-refractivity contribution is -0.138. The maximum Gasteiger partial charge on any atom is 0.326 e. The van der Waals surface area contributed by atoms with Crippen molar-refractivity contribution in [1.82, 2.24) is 4.98 Å². The molecule has 0 aliphatic rings. The lowest BCUT2D eigenvalue weighted by Crippen LogP contribution is -2.28. The predicted molar refractivity (Wildman–Crippen MR) is 69.3 cm³/mol. The third-order valence-electron chi connectivity index (χ3n) is 2.46. The van der Waals surface area contributed by atoms with E-state index in [9.17, 15) is 4.79 Å². The van der Waals surface area contributed by atoms with E-state index < -0.39 is 12.0 Å². The molecule has 0 aliphatic heterocycles. The van der Waals surface area contributed by atoms with Crippen molar-refractivity contribution in [2.45, 2.75) is 19.9 Å². The van der Waals surface area contributed by atoms with E-state index in [4.69, 9.17) is 16.1 Å². The topological polar surface area (TPSA) is 103 Å². The maximum absolute atomic E-state index is 10.8. The van der Waals surface area contributed by atoms with Gasteiger partial charge in [0.2, 0.25) is 0 Å². The van der Waals surface area contributed by atoms with Crippen LogP contribution in [0.1, 0.15) is 25.6 Å². The standard InChI is InChI=1S/C11H16N4O2S/c1-3-15(5-7(2)4-12)11-14-8(6-18-11)9(13)10(16)17/h6-7,9H,3,5,13H2,1-2H3,(H,16,17). The van der Waals surface area contributed by atoms with Gasteiger partial charge < -0.3 is 15.7 Å². The van der Waals surface area contributed by atoms with Gasteiger partial charge in [0.1, 0.15) is 6.04 Å². The zero-order valence-corrected chi connectivity index (χ0v) is 11.1. The van der Waals surface area contributed by atoms with Crippen LogP contribution >= 0.6 is 11.3 Å². The zero-order chi connectivity index (χ0) is 13.7. The minimum atomic E-state index is -1.10. The summed E-state index contributed by atoms with van der Waals surface area (Å²) < 4.78 is 0. The van der Waals surface area contributed by atoms with E-state index in [1.807, 2.05) is 18.7 Å². The van der Waals surface area contributed by atoms with E-state index >= 15 is 0 Å². The molecule has 1 rings (SSSR count). The summed E-state index contributed by atoms with van der Waals surface area (Å²) in [7, 11) is 0. The van der Waals surface area contributed by atoms with Gasteiger partial charge in [-0.1, -0.05) is 0 Å². The lowest BCUT2D eigenvalue weighted by atomic mass is 10.2. The first-order valence-corrected chi connectivity index (χ1v) is 6.45. The summed E-state index contributed by atoms with van der Waals surface area (Å²) in [6, 6.07) is 1.07. The van der Waals surface area contributed by atoms with E-state index in [1.54, 1.807) is 5.38 Å². The molecule has 0 saturated heterocycles. The molecular formula is C11H16N4O2S. The summed E-state index contributed by atoms with van der Waals surface area (Å²) in [6.45, 7) is 5.08. The van der Waals surface area contributed by atoms with Crippen LogP contribution in [0, 0.1) is 17.2 Å². The van der Waals surface area contributed by atoms with Crippen LogP contribution in [-0.4, -0.2) is 29.1 Å². The first-order valence-electron chi connectivity index (χ1n) is 5.58. The van der Waals surface area contributed by atoms with E-state index in [1.165, 1.54) is 11.3 Å². The monoisotopic (exact) mass is 268 g/mol. The van der Waals surface area contributed by atoms with Crippen molar-refractivity contribution < 1.29 is 9.90 Å². The highest BCUT2D eigenvalue weighted by atomic mass is 32.1. The van der Waals surface area contributed by atoms with Crippen molar-refractivity contribution >= 4 is 22.4 Å². The molecule has 98 valence electrons. The van der Waals surface area contributed by atoms with Crippen LogP contribution in [0.2, 0.25) is 0 Å². The largest absolute Gasteiger partial charge is 0.480 e. The van der Waals surface area contributed by atoms with Crippen LogP contribution in [0.4, 0.5) is 5.13 Å². The summed E-state index contributed by atoms with van der Waals surface area (Å²) in [5.74, 6) is -1.20. The van der Waals surface area contributed by atoms with Gasteiger partial charge in [-0.15, -0.1) is 11.3 Å². The molecular weight excluding hydrogens is 252 g/mol. The first kappa shape index (κ1) is 14.4. The number of hydrogen-bond donors (Lipinski definition) is 2. The summed E-state index contributed by atoms with van der Waals surface area (Å²) >= 11 is 1.34. The highest BCUT2D eigenvalue weighted by Crippen LogP contribution is 2.24. The Labute approximate surface area is 110 Å². The van der Waals surface area contributed by atoms with Gasteiger partial charge >= 0.3 is 5.97 Å². The molecule has 0 aromatic carbocycles. The predicted octanol–water partition coefficient (Wildman–Crippen LogP) is 1.21. The number of nitrogens with two attached hydrogens (primary N) is 1. The molecule has 0 bridgehead atoms. The lowest BCUT2D eigenvalue weighted by Gasteiger charge is -2.20. The van der Waals surface area contributed by atoms with Gasteiger partial charge in [0.25, 0.3) is 0 Å². The van der Waals surface area contributed by atoms with Crippen molar-refractivity contribution in [2.24, 2.45) is 11.7 Å². The van der Waals surface area contributed by atoms with Gasteiger partial charge in [-0.05, 0) is 13.8 Å². The molecule has 1 aromatic rings. The van der Waals surface area contributed by atoms with Crippen LogP contribution in [0.15, 0.2) is 5.38 Å². The molecule has 0 radical (unpaired) electrons. The molecule has 0 fully saturated rings. The second-order valence-corrected chi connectivity index (χ2v) is 4.78. The fourth-order valence-electron chi connectivity index (χ4n) is 1.40. The third kappa shape index (κ3) is 3.42. The normalized spacial score (nSPS) is 13.7. The van der Waals surface area contributed by atoms with Crippen LogP contribution in [0.5, 0.6) is 0 Å². The number of thiazole rings is 1. The fraction of sp³-hybridized carbons (Fsp3) is 0.545. The van der Waals surface area contributed by atoms with Gasteiger partial charge in [0, 0.05) is 18.5 Å². The van der Waals surface area contributed by atoms with Gasteiger partial charge in [-0.3, -0.25) is 4.79 Å². The maximum atomic E-state index is 10.8. The number of anilines is 1. The van der Waals surface area contributed by atoms with E-state index in [2.05, 4.69) is 11.1 Å². The van der Waals surface area contributed by atoms with Crippen LogP contribution in [-0.2, 0) is 4.79 Å². The molecule has 7 heteroatoms. The Morgan fingerprint density at radius 2 is 2.44 bits per heavy atom. The Morgan fingerprint density at radius 3 is 2.94 bits per heavy atom. The Morgan fingerprint density at radius 1 is 1.78 bits per heavy atom. The molecule has 0 amide bonds. The Kier molecular flexibility index (Phi) is 5.07. The minimum absolute atomic E-state index is 0.106. The molecule has 1 heterocycles. The van der Waals surface area contributed by atoms with E-state index in [0.29, 0.717) is 23.9 Å². The van der Waals surface area contributed by atoms with Crippen molar-refractivity contribution in [3.8, 4) is 6.07 Å². The summed E-state index contributed by atoms with van der Waals surface area (Å²) in [6.07, 6.45) is 0. The summed E-state index contributed by atoms with van der Waals surface area (Å²) in [5.41, 5.74) is 5.85. The number of hydrogen-bond acceptors (Lipinski definition) is 6. The molecule has 2 unspecified atom stereocenters. The fourth-order valence-corrected chi connectivity index (χ4v) is 2.34. The average molecular weight is 268 g/mol. The van der Waals surface area contributed by atoms with Crippen molar-refractivity contribution in [3.63, 3.8) is 0 Å². The third-order valence-corrected chi connectivity index (χ3v) is 3.38. The molecule has 0 saturated carbocycles. The second-order valence-electron chi connectivity index (χ2n) is 3.94. The number of nitriles is 1. The number of aromatic nitrogens is 1. The number of carbonyl (C=O) groups is 1. The summed E-state index contributed by atoms with van der Waals surface area (Å²) in [5, 5.41) is 20.0. The molecule has 2 atom stereocenters. The minimum Gasteiger partial charge on any atom is -0.480 e. The van der Waals surface area contributed by atoms with Crippen LogP contribution in [0.25, 0.3) is 0 Å². The molecule has 6 nitrogen and oxygen atoms in total. The van der Waals surface area contributed by atoms with Crippen molar-refractivity contribution in [2.75, 3.05) is 18.0 Å². The van der Waals surface area contributed by atoms with E-state index in [0.717, 1.165) is 0 Å². The second kappa shape index (κ2) is 6.33. The van der Waals surface area contributed by atoms with Gasteiger partial charge in [-0.25, -0.2) is 4.98 Å². The zero-order valence-electron chi connectivity index (χ0n) is 10.3. The van der Waals surface area contributed by atoms with E-state index in [-0.39, 0.29) is 5.92 Å². The highest BCUT2D eigenvalue weighted by molar-refractivity contribution is 7.13. The van der Waals surface area contributed by atoms with Crippen LogP contribution in [0.3, 0.4) is 0 Å². The number of carboxylic acids is 1. The molecule has 1 aromatic heterocycles. The van der Waals surface area contributed by atoms with Gasteiger partial charge in [-0.2, -0.15) is 5.26 Å². The molecule has 3 N–H and O–H groups in total. The average Bonchev–Trinajstić information content (AvgIpc) is 2.83. The summed E-state index contributed by atoms with van der Waals surface area (Å²) in [4.78, 5) is 16.9. The Balaban J connectivity index is 2.83. The number of rotatable bonds is 6.